The monoisotopic (exact) mass is 414 g/mol. The lowest BCUT2D eigenvalue weighted by atomic mass is 9.97. The van der Waals surface area contributed by atoms with Crippen molar-refractivity contribution in [3.8, 4) is 0 Å². The van der Waals surface area contributed by atoms with Crippen LogP contribution in [0.4, 0.5) is 10.1 Å². The van der Waals surface area contributed by atoms with E-state index in [4.69, 9.17) is 11.6 Å². The average molecular weight is 415 g/mol. The molecule has 5 nitrogen and oxygen atoms in total. The van der Waals surface area contributed by atoms with E-state index >= 15 is 0 Å². The number of nitrogens with zero attached hydrogens (tertiary/aromatic N) is 2. The van der Waals surface area contributed by atoms with Crippen LogP contribution in [0.1, 0.15) is 18.4 Å². The molecule has 4 rings (SSSR count). The zero-order chi connectivity index (χ0) is 20.5. The molecule has 2 aromatic carbocycles. The Morgan fingerprint density at radius 3 is 2.55 bits per heavy atom. The molecule has 2 aromatic rings. The number of imide groups is 1. The van der Waals surface area contributed by atoms with E-state index in [0.717, 1.165) is 23.8 Å². The first kappa shape index (κ1) is 19.6. The molecule has 1 unspecified atom stereocenters. The molecule has 2 aliphatic heterocycles. The predicted octanol–water partition coefficient (Wildman–Crippen LogP) is 3.47. The van der Waals surface area contributed by atoms with Crippen molar-refractivity contribution >= 4 is 34.7 Å². The first-order valence-electron chi connectivity index (χ1n) is 9.50. The van der Waals surface area contributed by atoms with E-state index in [9.17, 15) is 19.1 Å². The molecule has 1 atom stereocenters. The van der Waals surface area contributed by atoms with Crippen molar-refractivity contribution in [1.82, 2.24) is 4.90 Å². The molecule has 29 heavy (non-hydrogen) atoms. The summed E-state index contributed by atoms with van der Waals surface area (Å²) in [5.74, 6) is -1.50. The number of anilines is 1. The zero-order valence-electron chi connectivity index (χ0n) is 15.6. The highest BCUT2D eigenvalue weighted by Crippen LogP contribution is 2.37. The van der Waals surface area contributed by atoms with Crippen LogP contribution in [0.2, 0.25) is 5.02 Å². The molecule has 1 saturated heterocycles. The molecule has 1 fully saturated rings. The minimum Gasteiger partial charge on any atom is -0.396 e. The maximum absolute atomic E-state index is 13.6. The number of halogens is 2. The van der Waals surface area contributed by atoms with Gasteiger partial charge in [0.2, 0.25) is 0 Å². The van der Waals surface area contributed by atoms with Gasteiger partial charge in [0.15, 0.2) is 0 Å². The summed E-state index contributed by atoms with van der Waals surface area (Å²) in [4.78, 5) is 29.7. The van der Waals surface area contributed by atoms with Crippen LogP contribution in [0, 0.1) is 11.7 Å². The fraction of sp³-hybridized carbons (Fsp3) is 0.273. The van der Waals surface area contributed by atoms with Crippen LogP contribution >= 0.6 is 11.6 Å². The Labute approximate surface area is 173 Å². The largest absolute Gasteiger partial charge is 0.396 e. The van der Waals surface area contributed by atoms with E-state index in [0.29, 0.717) is 29.9 Å². The Morgan fingerprint density at radius 1 is 1.10 bits per heavy atom. The van der Waals surface area contributed by atoms with Gasteiger partial charge in [-0.15, -0.1) is 0 Å². The molecule has 0 aliphatic carbocycles. The number of piperidine rings is 1. The second-order valence-corrected chi connectivity index (χ2v) is 7.68. The highest BCUT2D eigenvalue weighted by Gasteiger charge is 2.43. The van der Waals surface area contributed by atoms with Gasteiger partial charge in [0.1, 0.15) is 11.5 Å². The van der Waals surface area contributed by atoms with Crippen molar-refractivity contribution in [2.24, 2.45) is 5.92 Å². The number of amides is 2. The number of rotatable bonds is 4. The second kappa shape index (κ2) is 7.97. The summed E-state index contributed by atoms with van der Waals surface area (Å²) >= 11 is 5.89. The van der Waals surface area contributed by atoms with Gasteiger partial charge in [-0.05, 0) is 42.5 Å². The van der Waals surface area contributed by atoms with E-state index < -0.39 is 17.6 Å². The van der Waals surface area contributed by atoms with E-state index in [1.54, 1.807) is 12.1 Å². The molecule has 0 spiro atoms. The Hall–Kier alpha value is -2.70. The van der Waals surface area contributed by atoms with Gasteiger partial charge in [-0.3, -0.25) is 9.59 Å². The van der Waals surface area contributed by atoms with Gasteiger partial charge in [0.25, 0.3) is 11.8 Å². The van der Waals surface area contributed by atoms with Gasteiger partial charge in [-0.1, -0.05) is 41.9 Å². The van der Waals surface area contributed by atoms with Crippen molar-refractivity contribution < 1.29 is 19.1 Å². The fourth-order valence-electron chi connectivity index (χ4n) is 3.95. The fourth-order valence-corrected chi connectivity index (χ4v) is 4.13. The zero-order valence-corrected chi connectivity index (χ0v) is 16.4. The van der Waals surface area contributed by atoms with E-state index in [-0.39, 0.29) is 23.2 Å². The third-order valence-electron chi connectivity index (χ3n) is 5.38. The maximum atomic E-state index is 13.6. The smallest absolute Gasteiger partial charge is 0.282 e. The highest BCUT2D eigenvalue weighted by atomic mass is 35.5. The van der Waals surface area contributed by atoms with Gasteiger partial charge < -0.3 is 10.0 Å². The summed E-state index contributed by atoms with van der Waals surface area (Å²) in [6.07, 6.45) is 1.70. The van der Waals surface area contributed by atoms with Crippen molar-refractivity contribution in [1.29, 1.82) is 0 Å². The number of aliphatic hydroxyl groups is 1. The summed E-state index contributed by atoms with van der Waals surface area (Å²) in [5.41, 5.74) is 1.50. The van der Waals surface area contributed by atoms with Crippen LogP contribution < -0.4 is 4.90 Å². The molecule has 0 aromatic heterocycles. The van der Waals surface area contributed by atoms with Gasteiger partial charge in [0, 0.05) is 19.7 Å². The summed E-state index contributed by atoms with van der Waals surface area (Å²) in [6.45, 7) is 1.16. The van der Waals surface area contributed by atoms with Crippen LogP contribution in [0.3, 0.4) is 0 Å². The van der Waals surface area contributed by atoms with E-state index in [1.165, 1.54) is 12.1 Å². The maximum Gasteiger partial charge on any atom is 0.282 e. The SMILES string of the molecule is O=C1C(c2ccccc2)=C(N2CCCC(CO)C2)C(=O)N1c1ccc(F)c(Cl)c1. The molecule has 1 N–H and O–H groups in total. The average Bonchev–Trinajstić information content (AvgIpc) is 3.01. The van der Waals surface area contributed by atoms with Crippen LogP contribution in [-0.2, 0) is 9.59 Å². The minimum atomic E-state index is -0.618. The van der Waals surface area contributed by atoms with Gasteiger partial charge >= 0.3 is 0 Å². The van der Waals surface area contributed by atoms with Crippen molar-refractivity contribution in [2.45, 2.75) is 12.8 Å². The molecule has 7 heteroatoms. The first-order chi connectivity index (χ1) is 14.0. The third-order valence-corrected chi connectivity index (χ3v) is 5.67. The lowest BCUT2D eigenvalue weighted by molar-refractivity contribution is -0.120. The number of benzene rings is 2. The molecule has 0 saturated carbocycles. The van der Waals surface area contributed by atoms with Crippen LogP contribution in [-0.4, -0.2) is 41.5 Å². The van der Waals surface area contributed by atoms with Gasteiger partial charge in [0.05, 0.1) is 16.3 Å². The summed E-state index contributed by atoms with van der Waals surface area (Å²) in [7, 11) is 0. The van der Waals surface area contributed by atoms with Crippen LogP contribution in [0.5, 0.6) is 0 Å². The second-order valence-electron chi connectivity index (χ2n) is 7.27. The topological polar surface area (TPSA) is 60.9 Å². The molecule has 2 amide bonds. The predicted molar refractivity (Wildman–Crippen MR) is 109 cm³/mol. The lowest BCUT2D eigenvalue weighted by Crippen LogP contribution is -2.40. The molecule has 2 heterocycles. The summed E-state index contributed by atoms with van der Waals surface area (Å²) in [6, 6.07) is 12.8. The number of hydrogen-bond acceptors (Lipinski definition) is 4. The van der Waals surface area contributed by atoms with E-state index in [1.807, 2.05) is 23.1 Å². The molecular weight excluding hydrogens is 395 g/mol. The summed E-state index contributed by atoms with van der Waals surface area (Å²) < 4.78 is 13.6. The van der Waals surface area contributed by atoms with Crippen molar-refractivity contribution in [3.05, 3.63) is 70.6 Å². The molecule has 0 bridgehead atoms. The molecular formula is C22H20ClFN2O3. The Bertz CT molecular complexity index is 993. The van der Waals surface area contributed by atoms with Gasteiger partial charge in [-0.25, -0.2) is 9.29 Å². The standard InChI is InChI=1S/C22H20ClFN2O3/c23-17-11-16(8-9-18(17)24)26-21(28)19(15-6-2-1-3-7-15)20(22(26)29)25-10-4-5-14(12-25)13-27/h1-3,6-9,11,14,27H,4-5,10,12-13H2. The Morgan fingerprint density at radius 2 is 1.86 bits per heavy atom. The number of carbonyl (C=O) groups is 2. The van der Waals surface area contributed by atoms with Crippen molar-refractivity contribution in [3.63, 3.8) is 0 Å². The minimum absolute atomic E-state index is 0.0316. The molecule has 150 valence electrons. The number of carbonyl (C=O) groups excluding carboxylic acids is 2. The normalized spacial score (nSPS) is 20.0. The Balaban J connectivity index is 1.81. The quantitative estimate of drug-likeness (QED) is 0.778. The van der Waals surface area contributed by atoms with Crippen molar-refractivity contribution in [2.75, 3.05) is 24.6 Å². The highest BCUT2D eigenvalue weighted by molar-refractivity contribution is 6.45. The number of hydrogen-bond donors (Lipinski definition) is 1. The number of aliphatic hydroxyl groups excluding tert-OH is 1. The number of likely N-dealkylation sites (tertiary alicyclic amines) is 1. The lowest BCUT2D eigenvalue weighted by Gasteiger charge is -2.34. The van der Waals surface area contributed by atoms with Crippen LogP contribution in [0.25, 0.3) is 5.57 Å². The Kier molecular flexibility index (Phi) is 5.39. The summed E-state index contributed by atoms with van der Waals surface area (Å²) in [5, 5.41) is 9.43. The van der Waals surface area contributed by atoms with Crippen LogP contribution in [0.15, 0.2) is 54.2 Å². The van der Waals surface area contributed by atoms with Gasteiger partial charge in [-0.2, -0.15) is 0 Å². The van der Waals surface area contributed by atoms with E-state index in [2.05, 4.69) is 0 Å². The molecule has 0 radical (unpaired) electrons. The third kappa shape index (κ3) is 3.54. The first-order valence-corrected chi connectivity index (χ1v) is 9.88. The molecule has 2 aliphatic rings.